The summed E-state index contributed by atoms with van der Waals surface area (Å²) in [6.07, 6.45) is 0. The van der Waals surface area contributed by atoms with Crippen LogP contribution in [0.3, 0.4) is 0 Å². The molecule has 1 N–H and O–H groups in total. The summed E-state index contributed by atoms with van der Waals surface area (Å²) >= 11 is 0. The number of hydrogen-bond acceptors (Lipinski definition) is 2. The molecule has 2 atom stereocenters. The molecule has 0 saturated carbocycles. The van der Waals surface area contributed by atoms with Gasteiger partial charge in [0.2, 0.25) is 5.91 Å². The summed E-state index contributed by atoms with van der Waals surface area (Å²) in [6.45, 7) is 11.8. The fourth-order valence-corrected chi connectivity index (χ4v) is 2.52. The molecule has 20 heavy (non-hydrogen) atoms. The highest BCUT2D eigenvalue weighted by Gasteiger charge is 2.32. The van der Waals surface area contributed by atoms with Crippen LogP contribution in [0.5, 0.6) is 0 Å². The Labute approximate surface area is 122 Å². The van der Waals surface area contributed by atoms with Crippen LogP contribution >= 0.6 is 0 Å². The van der Waals surface area contributed by atoms with Crippen molar-refractivity contribution >= 4 is 5.91 Å². The molecule has 0 fully saturated rings. The van der Waals surface area contributed by atoms with E-state index in [9.17, 15) is 10.1 Å². The zero-order valence-electron chi connectivity index (χ0n) is 13.2. The fourth-order valence-electron chi connectivity index (χ4n) is 2.52. The Morgan fingerprint density at radius 1 is 1.25 bits per heavy atom. The largest absolute Gasteiger partial charge is 0.348 e. The number of hydrogen-bond donors (Lipinski definition) is 1. The average Bonchev–Trinajstić information content (AvgIpc) is 2.27. The van der Waals surface area contributed by atoms with Gasteiger partial charge in [-0.3, -0.25) is 4.79 Å². The van der Waals surface area contributed by atoms with Crippen molar-refractivity contribution in [2.45, 2.75) is 47.6 Å². The molecule has 1 rings (SSSR count). The van der Waals surface area contributed by atoms with E-state index in [1.54, 1.807) is 0 Å². The first-order chi connectivity index (χ1) is 9.18. The predicted molar refractivity (Wildman–Crippen MR) is 81.0 cm³/mol. The van der Waals surface area contributed by atoms with Crippen molar-refractivity contribution < 1.29 is 4.79 Å². The Balaban J connectivity index is 2.94. The highest BCUT2D eigenvalue weighted by molar-refractivity contribution is 5.82. The maximum atomic E-state index is 12.3. The summed E-state index contributed by atoms with van der Waals surface area (Å²) in [5.41, 5.74) is 3.08. The number of nitriles is 1. The topological polar surface area (TPSA) is 52.9 Å². The second kappa shape index (κ2) is 6.09. The molecule has 0 aliphatic heterocycles. The number of amides is 1. The van der Waals surface area contributed by atoms with E-state index < -0.39 is 5.92 Å². The van der Waals surface area contributed by atoms with Gasteiger partial charge in [0.1, 0.15) is 5.92 Å². The molecule has 2 unspecified atom stereocenters. The van der Waals surface area contributed by atoms with Crippen LogP contribution in [0.1, 0.15) is 50.4 Å². The Morgan fingerprint density at radius 2 is 1.75 bits per heavy atom. The molecule has 1 aromatic rings. The highest BCUT2D eigenvalue weighted by Crippen LogP contribution is 2.27. The lowest BCUT2D eigenvalue weighted by atomic mass is 9.81. The third kappa shape index (κ3) is 3.60. The molecular formula is C17H24N2O. The van der Waals surface area contributed by atoms with E-state index in [1.165, 1.54) is 0 Å². The third-order valence-corrected chi connectivity index (χ3v) is 3.59. The van der Waals surface area contributed by atoms with Crippen LogP contribution in [0.25, 0.3) is 0 Å². The van der Waals surface area contributed by atoms with Crippen LogP contribution in [0.4, 0.5) is 0 Å². The van der Waals surface area contributed by atoms with Gasteiger partial charge in [-0.05, 0) is 42.9 Å². The molecule has 1 aromatic carbocycles. The number of aryl methyl sites for hydroxylation is 2. The first kappa shape index (κ1) is 16.2. The van der Waals surface area contributed by atoms with E-state index in [4.69, 9.17) is 0 Å². The smallest absolute Gasteiger partial charge is 0.238 e. The molecule has 1 amide bonds. The van der Waals surface area contributed by atoms with Crippen molar-refractivity contribution in [1.29, 1.82) is 5.26 Å². The summed E-state index contributed by atoms with van der Waals surface area (Å²) < 4.78 is 0. The van der Waals surface area contributed by atoms with Gasteiger partial charge >= 0.3 is 0 Å². The van der Waals surface area contributed by atoms with E-state index in [2.05, 4.69) is 11.4 Å². The molecule has 0 aliphatic carbocycles. The van der Waals surface area contributed by atoms with Crippen molar-refractivity contribution in [3.8, 4) is 6.07 Å². The van der Waals surface area contributed by atoms with Crippen LogP contribution in [-0.4, -0.2) is 5.91 Å². The molecule has 108 valence electrons. The maximum absolute atomic E-state index is 12.3. The molecule has 0 aliphatic rings. The minimum Gasteiger partial charge on any atom is -0.348 e. The lowest BCUT2D eigenvalue weighted by Crippen LogP contribution is -2.38. The van der Waals surface area contributed by atoms with Gasteiger partial charge in [-0.1, -0.05) is 39.0 Å². The number of carbonyl (C=O) groups excluding carboxylic acids is 1. The monoisotopic (exact) mass is 272 g/mol. The van der Waals surface area contributed by atoms with E-state index in [1.807, 2.05) is 59.7 Å². The molecule has 0 aromatic heterocycles. The van der Waals surface area contributed by atoms with Crippen LogP contribution in [0.2, 0.25) is 0 Å². The molecule has 0 saturated heterocycles. The normalized spacial score (nSPS) is 14.2. The van der Waals surface area contributed by atoms with Crippen molar-refractivity contribution in [2.75, 3.05) is 0 Å². The summed E-state index contributed by atoms with van der Waals surface area (Å²) in [7, 11) is 0. The van der Waals surface area contributed by atoms with Gasteiger partial charge in [0.25, 0.3) is 0 Å². The molecule has 0 heterocycles. The van der Waals surface area contributed by atoms with Crippen molar-refractivity contribution in [3.05, 3.63) is 34.9 Å². The zero-order chi connectivity index (χ0) is 15.5. The van der Waals surface area contributed by atoms with E-state index in [0.717, 1.165) is 16.7 Å². The molecule has 0 spiro atoms. The minimum atomic E-state index is -0.644. The van der Waals surface area contributed by atoms with Gasteiger partial charge in [0.05, 0.1) is 12.1 Å². The molecular weight excluding hydrogens is 248 g/mol. The quantitative estimate of drug-likeness (QED) is 0.912. The maximum Gasteiger partial charge on any atom is 0.238 e. The van der Waals surface area contributed by atoms with Gasteiger partial charge in [0, 0.05) is 0 Å². The Morgan fingerprint density at radius 3 is 2.15 bits per heavy atom. The van der Waals surface area contributed by atoms with Gasteiger partial charge < -0.3 is 5.32 Å². The Hall–Kier alpha value is -1.82. The van der Waals surface area contributed by atoms with Crippen molar-refractivity contribution in [2.24, 2.45) is 11.3 Å². The molecule has 0 radical (unpaired) electrons. The van der Waals surface area contributed by atoms with E-state index in [0.29, 0.717) is 0 Å². The Bertz CT molecular complexity index is 515. The Kier molecular flexibility index (Phi) is 4.94. The van der Waals surface area contributed by atoms with Crippen LogP contribution in [0.15, 0.2) is 18.2 Å². The SMILES string of the molecule is Cc1cccc(C)c1C(C)NC(=O)C(C#N)C(C)(C)C. The standard InChI is InChI=1S/C17H24N2O/c1-11-8-7-9-12(2)15(11)13(3)19-16(20)14(10-18)17(4,5)6/h7-9,13-14H,1-6H3,(H,19,20). The van der Waals surface area contributed by atoms with E-state index >= 15 is 0 Å². The number of benzene rings is 1. The zero-order valence-corrected chi connectivity index (χ0v) is 13.2. The summed E-state index contributed by atoms with van der Waals surface area (Å²) in [5.74, 6) is -0.843. The van der Waals surface area contributed by atoms with E-state index in [-0.39, 0.29) is 17.4 Å². The number of nitrogens with zero attached hydrogens (tertiary/aromatic N) is 1. The summed E-state index contributed by atoms with van der Waals surface area (Å²) in [5, 5.41) is 12.2. The van der Waals surface area contributed by atoms with Gasteiger partial charge in [-0.2, -0.15) is 5.26 Å². The molecule has 0 bridgehead atoms. The van der Waals surface area contributed by atoms with Crippen LogP contribution in [0, 0.1) is 36.5 Å². The minimum absolute atomic E-state index is 0.0955. The second-order valence-electron chi connectivity index (χ2n) is 6.46. The highest BCUT2D eigenvalue weighted by atomic mass is 16.2. The van der Waals surface area contributed by atoms with Gasteiger partial charge in [0.15, 0.2) is 0 Å². The van der Waals surface area contributed by atoms with Crippen LogP contribution < -0.4 is 5.32 Å². The van der Waals surface area contributed by atoms with Crippen molar-refractivity contribution in [1.82, 2.24) is 5.32 Å². The lowest BCUT2D eigenvalue weighted by molar-refractivity contribution is -0.126. The number of nitrogens with one attached hydrogen (secondary N) is 1. The first-order valence-corrected chi connectivity index (χ1v) is 6.94. The van der Waals surface area contributed by atoms with Crippen LogP contribution in [-0.2, 0) is 4.79 Å². The molecule has 3 heteroatoms. The number of rotatable bonds is 3. The van der Waals surface area contributed by atoms with Gasteiger partial charge in [-0.15, -0.1) is 0 Å². The number of carbonyl (C=O) groups is 1. The summed E-state index contributed by atoms with van der Waals surface area (Å²) in [6, 6.07) is 8.11. The second-order valence-corrected chi connectivity index (χ2v) is 6.46. The molecule has 3 nitrogen and oxygen atoms in total. The lowest BCUT2D eigenvalue weighted by Gasteiger charge is -2.26. The van der Waals surface area contributed by atoms with Gasteiger partial charge in [-0.25, -0.2) is 0 Å². The average molecular weight is 272 g/mol. The fraction of sp³-hybridized carbons (Fsp3) is 0.529. The third-order valence-electron chi connectivity index (χ3n) is 3.59. The predicted octanol–water partition coefficient (Wildman–Crippen LogP) is 3.67. The van der Waals surface area contributed by atoms with Crippen molar-refractivity contribution in [3.63, 3.8) is 0 Å². The first-order valence-electron chi connectivity index (χ1n) is 6.94. The summed E-state index contributed by atoms with van der Waals surface area (Å²) in [4.78, 5) is 12.3.